The van der Waals surface area contributed by atoms with Crippen LogP contribution in [0.15, 0.2) is 24.3 Å². The van der Waals surface area contributed by atoms with Crippen molar-refractivity contribution in [2.45, 2.75) is 13.0 Å². The van der Waals surface area contributed by atoms with Crippen LogP contribution in [-0.2, 0) is 9.53 Å². The van der Waals surface area contributed by atoms with Crippen LogP contribution in [0.4, 0.5) is 4.39 Å². The van der Waals surface area contributed by atoms with Crippen molar-refractivity contribution < 1.29 is 23.8 Å². The highest BCUT2D eigenvalue weighted by Crippen LogP contribution is 2.06. The normalized spacial score (nSPS) is 11.9. The summed E-state index contributed by atoms with van der Waals surface area (Å²) in [6.45, 7) is 1.88. The summed E-state index contributed by atoms with van der Waals surface area (Å²) in [5, 5.41) is 11.1. The Hall–Kier alpha value is -1.95. The number of halogens is 1. The van der Waals surface area contributed by atoms with E-state index in [9.17, 15) is 14.0 Å². The first-order valence-electron chi connectivity index (χ1n) is 5.42. The zero-order valence-electron chi connectivity index (χ0n) is 9.85. The Morgan fingerprint density at radius 2 is 2.11 bits per heavy atom. The van der Waals surface area contributed by atoms with Crippen molar-refractivity contribution in [2.75, 3.05) is 13.2 Å². The second-order valence-electron chi connectivity index (χ2n) is 3.50. The zero-order valence-corrected chi connectivity index (χ0v) is 9.85. The van der Waals surface area contributed by atoms with Gasteiger partial charge in [-0.15, -0.1) is 0 Å². The first-order valence-corrected chi connectivity index (χ1v) is 5.42. The highest BCUT2D eigenvalue weighted by Gasteiger charge is 2.22. The van der Waals surface area contributed by atoms with Gasteiger partial charge >= 0.3 is 5.97 Å². The van der Waals surface area contributed by atoms with Gasteiger partial charge in [0.15, 0.2) is 6.04 Å². The number of carbonyl (C=O) groups excluding carboxylic acids is 1. The number of carbonyl (C=O) groups is 2. The van der Waals surface area contributed by atoms with E-state index in [2.05, 4.69) is 5.32 Å². The van der Waals surface area contributed by atoms with E-state index in [1.807, 2.05) is 0 Å². The van der Waals surface area contributed by atoms with Gasteiger partial charge in [0.2, 0.25) is 0 Å². The topological polar surface area (TPSA) is 75.6 Å². The lowest BCUT2D eigenvalue weighted by Crippen LogP contribution is -2.44. The molecule has 1 amide bonds. The fraction of sp³-hybridized carbons (Fsp3) is 0.333. The van der Waals surface area contributed by atoms with E-state index in [1.165, 1.54) is 18.2 Å². The molecule has 0 aliphatic heterocycles. The molecule has 1 atom stereocenters. The molecule has 0 heterocycles. The number of nitrogens with one attached hydrogen (secondary N) is 1. The molecule has 1 unspecified atom stereocenters. The number of rotatable bonds is 6. The van der Waals surface area contributed by atoms with Crippen molar-refractivity contribution in [1.82, 2.24) is 5.32 Å². The van der Waals surface area contributed by atoms with Crippen LogP contribution in [0.5, 0.6) is 0 Å². The maximum absolute atomic E-state index is 13.3. The molecule has 1 aromatic rings. The Kier molecular flexibility index (Phi) is 5.26. The molecular weight excluding hydrogens is 241 g/mol. The minimum absolute atomic E-state index is 0.161. The predicted molar refractivity (Wildman–Crippen MR) is 61.8 cm³/mol. The van der Waals surface area contributed by atoms with Crippen LogP contribution in [-0.4, -0.2) is 36.2 Å². The molecule has 98 valence electrons. The summed E-state index contributed by atoms with van der Waals surface area (Å²) in [7, 11) is 0. The molecule has 0 spiro atoms. The van der Waals surface area contributed by atoms with Crippen molar-refractivity contribution in [3.8, 4) is 0 Å². The number of hydrogen-bond donors (Lipinski definition) is 2. The average Bonchev–Trinajstić information content (AvgIpc) is 2.34. The van der Waals surface area contributed by atoms with Crippen LogP contribution < -0.4 is 5.32 Å². The number of benzene rings is 1. The van der Waals surface area contributed by atoms with Crippen LogP contribution in [0.25, 0.3) is 0 Å². The van der Waals surface area contributed by atoms with Gasteiger partial charge in [-0.3, -0.25) is 4.79 Å². The molecule has 2 N–H and O–H groups in total. The van der Waals surface area contributed by atoms with Gasteiger partial charge in [0.05, 0.1) is 12.2 Å². The molecule has 0 radical (unpaired) electrons. The zero-order chi connectivity index (χ0) is 13.5. The van der Waals surface area contributed by atoms with Crippen molar-refractivity contribution in [2.24, 2.45) is 0 Å². The molecule has 18 heavy (non-hydrogen) atoms. The third-order valence-electron chi connectivity index (χ3n) is 2.21. The molecule has 0 saturated heterocycles. The fourth-order valence-corrected chi connectivity index (χ4v) is 1.29. The van der Waals surface area contributed by atoms with Gasteiger partial charge in [-0.05, 0) is 19.1 Å². The standard InChI is InChI=1S/C12H14FNO4/c1-2-18-7-10(12(16)17)14-11(15)8-5-3-4-6-9(8)13/h3-6,10H,2,7H2,1H3,(H,14,15)(H,16,17). The summed E-state index contributed by atoms with van der Waals surface area (Å²) in [6.07, 6.45) is 0. The lowest BCUT2D eigenvalue weighted by molar-refractivity contribution is -0.140. The Labute approximate surface area is 104 Å². The fourth-order valence-electron chi connectivity index (χ4n) is 1.29. The second-order valence-corrected chi connectivity index (χ2v) is 3.50. The number of aliphatic carboxylic acids is 1. The number of ether oxygens (including phenoxy) is 1. The van der Waals surface area contributed by atoms with E-state index < -0.39 is 23.7 Å². The molecule has 1 aromatic carbocycles. The number of carboxylic acid groups (broad SMARTS) is 1. The molecule has 5 nitrogen and oxygen atoms in total. The molecular formula is C12H14FNO4. The van der Waals surface area contributed by atoms with Crippen LogP contribution in [0.2, 0.25) is 0 Å². The first-order chi connectivity index (χ1) is 8.56. The molecule has 1 rings (SSSR count). The minimum Gasteiger partial charge on any atom is -0.480 e. The van der Waals surface area contributed by atoms with Gasteiger partial charge in [-0.25, -0.2) is 9.18 Å². The van der Waals surface area contributed by atoms with Gasteiger partial charge in [0, 0.05) is 6.61 Å². The second kappa shape index (κ2) is 6.70. The Morgan fingerprint density at radius 3 is 2.67 bits per heavy atom. The number of amides is 1. The monoisotopic (exact) mass is 255 g/mol. The maximum atomic E-state index is 13.3. The van der Waals surface area contributed by atoms with Crippen molar-refractivity contribution in [3.63, 3.8) is 0 Å². The highest BCUT2D eigenvalue weighted by atomic mass is 19.1. The van der Waals surface area contributed by atoms with Crippen LogP contribution in [0.3, 0.4) is 0 Å². The van der Waals surface area contributed by atoms with Crippen molar-refractivity contribution in [1.29, 1.82) is 0 Å². The number of carboxylic acids is 1. The van der Waals surface area contributed by atoms with Crippen LogP contribution in [0, 0.1) is 5.82 Å². The summed E-state index contributed by atoms with van der Waals surface area (Å²) in [6, 6.07) is 4.16. The van der Waals surface area contributed by atoms with E-state index in [0.717, 1.165) is 6.07 Å². The lowest BCUT2D eigenvalue weighted by Gasteiger charge is -2.14. The summed E-state index contributed by atoms with van der Waals surface area (Å²) >= 11 is 0. The first kappa shape index (κ1) is 14.1. The Balaban J connectivity index is 2.72. The predicted octanol–water partition coefficient (Wildman–Crippen LogP) is 1.05. The Bertz CT molecular complexity index is 436. The van der Waals surface area contributed by atoms with E-state index in [1.54, 1.807) is 6.92 Å². The van der Waals surface area contributed by atoms with Crippen LogP contribution >= 0.6 is 0 Å². The smallest absolute Gasteiger partial charge is 0.328 e. The summed E-state index contributed by atoms with van der Waals surface area (Å²) < 4.78 is 18.2. The average molecular weight is 255 g/mol. The van der Waals surface area contributed by atoms with Gasteiger partial charge in [-0.1, -0.05) is 12.1 Å². The summed E-state index contributed by atoms with van der Waals surface area (Å²) in [5.74, 6) is -2.70. The van der Waals surface area contributed by atoms with Gasteiger partial charge in [-0.2, -0.15) is 0 Å². The molecule has 0 aliphatic carbocycles. The number of hydrogen-bond acceptors (Lipinski definition) is 3. The third-order valence-corrected chi connectivity index (χ3v) is 2.21. The quantitative estimate of drug-likeness (QED) is 0.796. The largest absolute Gasteiger partial charge is 0.480 e. The summed E-state index contributed by atoms with van der Waals surface area (Å²) in [4.78, 5) is 22.5. The lowest BCUT2D eigenvalue weighted by atomic mass is 10.2. The Morgan fingerprint density at radius 1 is 1.44 bits per heavy atom. The summed E-state index contributed by atoms with van der Waals surface area (Å²) in [5.41, 5.74) is -0.194. The SMILES string of the molecule is CCOCC(NC(=O)c1ccccc1F)C(=O)O. The maximum Gasteiger partial charge on any atom is 0.328 e. The molecule has 0 aromatic heterocycles. The van der Waals surface area contributed by atoms with E-state index in [-0.39, 0.29) is 12.2 Å². The van der Waals surface area contributed by atoms with Gasteiger partial charge < -0.3 is 15.2 Å². The molecule has 6 heteroatoms. The van der Waals surface area contributed by atoms with Crippen LogP contribution in [0.1, 0.15) is 17.3 Å². The molecule has 0 aliphatic rings. The highest BCUT2D eigenvalue weighted by molar-refractivity contribution is 5.96. The molecule has 0 fully saturated rings. The van der Waals surface area contributed by atoms with E-state index in [0.29, 0.717) is 6.61 Å². The van der Waals surface area contributed by atoms with E-state index >= 15 is 0 Å². The third kappa shape index (κ3) is 3.81. The molecule has 0 bridgehead atoms. The van der Waals surface area contributed by atoms with E-state index in [4.69, 9.17) is 9.84 Å². The minimum atomic E-state index is -1.23. The van der Waals surface area contributed by atoms with Crippen molar-refractivity contribution >= 4 is 11.9 Å². The van der Waals surface area contributed by atoms with Gasteiger partial charge in [0.1, 0.15) is 5.82 Å². The molecule has 0 saturated carbocycles. The van der Waals surface area contributed by atoms with Gasteiger partial charge in [0.25, 0.3) is 5.91 Å². The van der Waals surface area contributed by atoms with Crippen molar-refractivity contribution in [3.05, 3.63) is 35.6 Å².